The number of anilines is 1. The lowest BCUT2D eigenvalue weighted by molar-refractivity contribution is 0.597. The zero-order valence-corrected chi connectivity index (χ0v) is 8.69. The number of fused-ring (bicyclic) bond motifs is 1. The first-order chi connectivity index (χ1) is 6.48. The van der Waals surface area contributed by atoms with Gasteiger partial charge in [0, 0.05) is 12.2 Å². The molecule has 1 aliphatic rings. The molecule has 0 unspecified atom stereocenters. The second kappa shape index (κ2) is 2.96. The molecule has 0 spiro atoms. The third kappa shape index (κ3) is 1.49. The predicted octanol–water partition coefficient (Wildman–Crippen LogP) is 0.610. The van der Waals surface area contributed by atoms with Gasteiger partial charge in [-0.2, -0.15) is 0 Å². The van der Waals surface area contributed by atoms with E-state index < -0.39 is 10.0 Å². The fourth-order valence-electron chi connectivity index (χ4n) is 1.76. The Balaban J connectivity index is 2.64. The average molecular weight is 212 g/mol. The van der Waals surface area contributed by atoms with E-state index in [1.54, 1.807) is 12.1 Å². The summed E-state index contributed by atoms with van der Waals surface area (Å²) < 4.78 is 22.3. The topological polar surface area (TPSA) is 72.2 Å². The first-order valence-electron chi connectivity index (χ1n) is 4.38. The molecule has 76 valence electrons. The molecule has 1 aromatic carbocycles. The number of hydrogen-bond donors (Lipinski definition) is 2. The largest absolute Gasteiger partial charge is 0.384 e. The molecule has 5 heteroatoms. The second-order valence-corrected chi connectivity index (χ2v) is 5.05. The van der Waals surface area contributed by atoms with E-state index in [2.05, 4.69) is 5.32 Å². The molecule has 0 bridgehead atoms. The average Bonchev–Trinajstić information content (AvgIpc) is 2.50. The van der Waals surface area contributed by atoms with Gasteiger partial charge in [0.2, 0.25) is 10.0 Å². The number of primary sulfonamides is 1. The maximum atomic E-state index is 11.1. The van der Waals surface area contributed by atoms with Gasteiger partial charge in [0.25, 0.3) is 0 Å². The van der Waals surface area contributed by atoms with Crippen molar-refractivity contribution >= 4 is 15.7 Å². The van der Waals surface area contributed by atoms with E-state index in [-0.39, 0.29) is 4.90 Å². The summed E-state index contributed by atoms with van der Waals surface area (Å²) in [5.41, 5.74) is 3.07. The molecular weight excluding hydrogens is 200 g/mol. The highest BCUT2D eigenvalue weighted by molar-refractivity contribution is 7.89. The fraction of sp³-hybridized carbons (Fsp3) is 0.333. The van der Waals surface area contributed by atoms with Crippen molar-refractivity contribution in [3.63, 3.8) is 0 Å². The van der Waals surface area contributed by atoms with Gasteiger partial charge in [0.05, 0.1) is 4.90 Å². The highest BCUT2D eigenvalue weighted by atomic mass is 32.2. The van der Waals surface area contributed by atoms with Gasteiger partial charge in [-0.1, -0.05) is 0 Å². The van der Waals surface area contributed by atoms with Crippen LogP contribution in [0.2, 0.25) is 0 Å². The van der Waals surface area contributed by atoms with E-state index in [1.165, 1.54) is 5.56 Å². The number of nitrogens with two attached hydrogens (primary N) is 1. The van der Waals surface area contributed by atoms with Gasteiger partial charge in [0.1, 0.15) is 0 Å². The normalized spacial score (nSPS) is 15.0. The van der Waals surface area contributed by atoms with Crippen LogP contribution in [0.25, 0.3) is 0 Å². The van der Waals surface area contributed by atoms with Crippen molar-refractivity contribution < 1.29 is 8.42 Å². The Morgan fingerprint density at radius 2 is 2.14 bits per heavy atom. The van der Waals surface area contributed by atoms with E-state index in [0.717, 1.165) is 24.2 Å². The summed E-state index contributed by atoms with van der Waals surface area (Å²) in [6, 6.07) is 3.23. The minimum atomic E-state index is -3.59. The number of aryl methyl sites for hydroxylation is 1. The predicted molar refractivity (Wildman–Crippen MR) is 54.7 cm³/mol. The zero-order valence-electron chi connectivity index (χ0n) is 7.87. The van der Waals surface area contributed by atoms with Crippen molar-refractivity contribution in [2.75, 3.05) is 11.9 Å². The van der Waals surface area contributed by atoms with Crippen molar-refractivity contribution in [3.05, 3.63) is 23.3 Å². The molecular formula is C9H12N2O2S. The molecule has 14 heavy (non-hydrogen) atoms. The summed E-state index contributed by atoms with van der Waals surface area (Å²) in [7, 11) is -3.59. The van der Waals surface area contributed by atoms with Crippen LogP contribution < -0.4 is 10.5 Å². The molecule has 0 saturated heterocycles. The number of hydrogen-bond acceptors (Lipinski definition) is 3. The van der Waals surface area contributed by atoms with Crippen LogP contribution in [-0.4, -0.2) is 15.0 Å². The van der Waals surface area contributed by atoms with Crippen LogP contribution in [0, 0.1) is 6.92 Å². The minimum absolute atomic E-state index is 0.183. The summed E-state index contributed by atoms with van der Waals surface area (Å²) in [6.07, 6.45) is 0.950. The van der Waals surface area contributed by atoms with E-state index in [1.807, 2.05) is 6.92 Å². The quantitative estimate of drug-likeness (QED) is 0.716. The maximum Gasteiger partial charge on any atom is 0.238 e. The summed E-state index contributed by atoms with van der Waals surface area (Å²) in [5.74, 6) is 0. The Morgan fingerprint density at radius 3 is 2.79 bits per heavy atom. The third-order valence-electron chi connectivity index (χ3n) is 2.47. The molecule has 0 saturated carbocycles. The molecule has 0 fully saturated rings. The van der Waals surface area contributed by atoms with Crippen LogP contribution in [0.4, 0.5) is 5.69 Å². The molecule has 0 aromatic heterocycles. The lowest BCUT2D eigenvalue weighted by atomic mass is 10.1. The van der Waals surface area contributed by atoms with E-state index in [9.17, 15) is 8.42 Å². The van der Waals surface area contributed by atoms with E-state index in [0.29, 0.717) is 0 Å². The highest BCUT2D eigenvalue weighted by Gasteiger charge is 2.17. The molecule has 2 rings (SSSR count). The number of nitrogens with one attached hydrogen (secondary N) is 1. The van der Waals surface area contributed by atoms with E-state index in [4.69, 9.17) is 5.14 Å². The Kier molecular flexibility index (Phi) is 2.01. The summed E-state index contributed by atoms with van der Waals surface area (Å²) in [5, 5.41) is 8.20. The van der Waals surface area contributed by atoms with Crippen molar-refractivity contribution in [2.24, 2.45) is 5.14 Å². The van der Waals surface area contributed by atoms with Crippen LogP contribution in [-0.2, 0) is 16.4 Å². The SMILES string of the molecule is Cc1cc(S(N)(=O)=O)cc2c1CCN2. The maximum absolute atomic E-state index is 11.1. The smallest absolute Gasteiger partial charge is 0.238 e. The second-order valence-electron chi connectivity index (χ2n) is 3.49. The Morgan fingerprint density at radius 1 is 1.43 bits per heavy atom. The zero-order chi connectivity index (χ0) is 10.3. The Bertz CT molecular complexity index is 480. The standard InChI is InChI=1S/C9H12N2O2S/c1-6-4-7(14(10,12)13)5-9-8(6)2-3-11-9/h4-5,11H,2-3H2,1H3,(H2,10,12,13). The molecule has 1 aromatic rings. The lowest BCUT2D eigenvalue weighted by Crippen LogP contribution is -2.12. The van der Waals surface area contributed by atoms with Crippen LogP contribution >= 0.6 is 0 Å². The first kappa shape index (κ1) is 9.48. The number of rotatable bonds is 1. The van der Waals surface area contributed by atoms with Gasteiger partial charge in [-0.3, -0.25) is 0 Å². The van der Waals surface area contributed by atoms with Crippen molar-refractivity contribution in [3.8, 4) is 0 Å². The van der Waals surface area contributed by atoms with Gasteiger partial charge in [-0.15, -0.1) is 0 Å². The van der Waals surface area contributed by atoms with Crippen LogP contribution in [0.5, 0.6) is 0 Å². The van der Waals surface area contributed by atoms with Gasteiger partial charge >= 0.3 is 0 Å². The lowest BCUT2D eigenvalue weighted by Gasteiger charge is -2.06. The third-order valence-corrected chi connectivity index (χ3v) is 3.36. The molecule has 4 nitrogen and oxygen atoms in total. The van der Waals surface area contributed by atoms with Crippen LogP contribution in [0.3, 0.4) is 0 Å². The monoisotopic (exact) mass is 212 g/mol. The van der Waals surface area contributed by atoms with Crippen LogP contribution in [0.1, 0.15) is 11.1 Å². The number of benzene rings is 1. The summed E-state index contributed by atoms with van der Waals surface area (Å²) in [4.78, 5) is 0.183. The fourth-order valence-corrected chi connectivity index (χ4v) is 2.38. The molecule has 0 atom stereocenters. The minimum Gasteiger partial charge on any atom is -0.384 e. The van der Waals surface area contributed by atoms with Crippen LogP contribution in [0.15, 0.2) is 17.0 Å². The molecule has 1 heterocycles. The van der Waals surface area contributed by atoms with E-state index >= 15 is 0 Å². The number of sulfonamides is 1. The van der Waals surface area contributed by atoms with Crippen molar-refractivity contribution in [1.82, 2.24) is 0 Å². The molecule has 0 radical (unpaired) electrons. The van der Waals surface area contributed by atoms with Crippen molar-refractivity contribution in [1.29, 1.82) is 0 Å². The van der Waals surface area contributed by atoms with Crippen molar-refractivity contribution in [2.45, 2.75) is 18.2 Å². The van der Waals surface area contributed by atoms with Gasteiger partial charge in [-0.25, -0.2) is 13.6 Å². The Labute approximate surface area is 83.2 Å². The van der Waals surface area contributed by atoms with Gasteiger partial charge in [0.15, 0.2) is 0 Å². The summed E-state index contributed by atoms with van der Waals surface area (Å²) in [6.45, 7) is 2.77. The first-order valence-corrected chi connectivity index (χ1v) is 5.93. The molecule has 3 N–H and O–H groups in total. The van der Waals surface area contributed by atoms with Gasteiger partial charge in [-0.05, 0) is 36.6 Å². The Hall–Kier alpha value is -1.07. The van der Waals surface area contributed by atoms with Gasteiger partial charge < -0.3 is 5.32 Å². The molecule has 1 aliphatic heterocycles. The summed E-state index contributed by atoms with van der Waals surface area (Å²) >= 11 is 0. The molecule has 0 amide bonds. The highest BCUT2D eigenvalue weighted by Crippen LogP contribution is 2.28. The molecule has 0 aliphatic carbocycles.